The lowest BCUT2D eigenvalue weighted by Gasteiger charge is -2.16. The largest absolute Gasteiger partial charge is 0.483 e. The normalized spacial score (nSPS) is 15.2. The van der Waals surface area contributed by atoms with Crippen molar-refractivity contribution in [3.05, 3.63) is 29.6 Å². The van der Waals surface area contributed by atoms with Crippen molar-refractivity contribution < 1.29 is 31.9 Å². The van der Waals surface area contributed by atoms with Gasteiger partial charge in [0.1, 0.15) is 13.2 Å². The van der Waals surface area contributed by atoms with Gasteiger partial charge in [-0.25, -0.2) is 22.3 Å². The van der Waals surface area contributed by atoms with Crippen LogP contribution in [0.25, 0.3) is 0 Å². The van der Waals surface area contributed by atoms with E-state index < -0.39 is 27.9 Å². The molecule has 0 bridgehead atoms. The monoisotopic (exact) mass is 443 g/mol. The summed E-state index contributed by atoms with van der Waals surface area (Å²) >= 11 is 0. The summed E-state index contributed by atoms with van der Waals surface area (Å²) in [6.45, 7) is 3.10. The molecule has 0 saturated carbocycles. The van der Waals surface area contributed by atoms with E-state index in [1.165, 1.54) is 24.0 Å². The number of rotatable bonds is 12. The number of imide groups is 1. The van der Waals surface area contributed by atoms with E-state index in [1.807, 2.05) is 0 Å². The number of amides is 3. The van der Waals surface area contributed by atoms with E-state index in [2.05, 4.69) is 10.0 Å². The van der Waals surface area contributed by atoms with Crippen LogP contribution in [0.2, 0.25) is 0 Å². The highest BCUT2D eigenvalue weighted by molar-refractivity contribution is 7.89. The molecule has 0 unspecified atom stereocenters. The second-order valence-corrected chi connectivity index (χ2v) is 9.05. The lowest BCUT2D eigenvalue weighted by Crippen LogP contribution is -2.30. The van der Waals surface area contributed by atoms with Gasteiger partial charge in [-0.2, -0.15) is 0 Å². The molecule has 2 N–H and O–H groups in total. The molecule has 9 nitrogen and oxygen atoms in total. The molecule has 1 saturated heterocycles. The summed E-state index contributed by atoms with van der Waals surface area (Å²) in [7, 11) is -3.58. The number of carbonyl (C=O) groups is 3. The fourth-order valence-corrected chi connectivity index (χ4v) is 4.29. The maximum absolute atomic E-state index is 13.8. The molecule has 11 heteroatoms. The number of nitrogens with zero attached hydrogens (tertiary/aromatic N) is 1. The van der Waals surface area contributed by atoms with E-state index in [9.17, 15) is 27.2 Å². The SMILES string of the molecule is CC(=O)COc1cc([C@@H](C)NS(=O)(=O)CCCCCN2CC(=O)NC2=O)ccc1F. The van der Waals surface area contributed by atoms with Crippen molar-refractivity contribution in [3.63, 3.8) is 0 Å². The number of sulfonamides is 1. The van der Waals surface area contributed by atoms with E-state index in [4.69, 9.17) is 4.74 Å². The second kappa shape index (κ2) is 10.5. The number of benzene rings is 1. The minimum Gasteiger partial charge on any atom is -0.483 e. The Bertz CT molecular complexity index is 906. The molecule has 0 aliphatic carbocycles. The average Bonchev–Trinajstić information content (AvgIpc) is 2.97. The highest BCUT2D eigenvalue weighted by Gasteiger charge is 2.25. The fraction of sp³-hybridized carbons (Fsp3) is 0.526. The van der Waals surface area contributed by atoms with Crippen LogP contribution in [0.4, 0.5) is 9.18 Å². The zero-order chi connectivity index (χ0) is 22.3. The molecular weight excluding hydrogens is 417 g/mol. The molecule has 1 atom stereocenters. The van der Waals surface area contributed by atoms with Crippen molar-refractivity contribution in [1.82, 2.24) is 14.9 Å². The number of ketones is 1. The summed E-state index contributed by atoms with van der Waals surface area (Å²) in [6, 6.07) is 2.94. The number of carbonyl (C=O) groups excluding carboxylic acids is 3. The van der Waals surface area contributed by atoms with Crippen molar-refractivity contribution in [1.29, 1.82) is 0 Å². The van der Waals surface area contributed by atoms with Crippen molar-refractivity contribution in [2.75, 3.05) is 25.4 Å². The van der Waals surface area contributed by atoms with Crippen molar-refractivity contribution in [2.45, 2.75) is 39.2 Å². The van der Waals surface area contributed by atoms with Gasteiger partial charge in [-0.15, -0.1) is 0 Å². The van der Waals surface area contributed by atoms with Gasteiger partial charge in [-0.3, -0.25) is 14.9 Å². The Kier molecular flexibility index (Phi) is 8.30. The Morgan fingerprint density at radius 2 is 2.03 bits per heavy atom. The number of hydrogen-bond donors (Lipinski definition) is 2. The molecule has 1 heterocycles. The highest BCUT2D eigenvalue weighted by Crippen LogP contribution is 2.23. The van der Waals surface area contributed by atoms with Gasteiger partial charge < -0.3 is 9.64 Å². The Morgan fingerprint density at radius 1 is 1.30 bits per heavy atom. The third-order valence-electron chi connectivity index (χ3n) is 4.45. The second-order valence-electron chi connectivity index (χ2n) is 7.17. The number of unbranched alkanes of at least 4 members (excludes halogenated alkanes) is 2. The van der Waals surface area contributed by atoms with Gasteiger partial charge in [0.15, 0.2) is 17.3 Å². The van der Waals surface area contributed by atoms with Gasteiger partial charge in [-0.05, 0) is 44.4 Å². The van der Waals surface area contributed by atoms with Crippen LogP contribution in [0.15, 0.2) is 18.2 Å². The van der Waals surface area contributed by atoms with Gasteiger partial charge >= 0.3 is 6.03 Å². The predicted octanol–water partition coefficient (Wildman–Crippen LogP) is 1.50. The molecular formula is C19H26FN3O6S. The summed E-state index contributed by atoms with van der Waals surface area (Å²) < 4.78 is 46.1. The number of ether oxygens (including phenoxy) is 1. The topological polar surface area (TPSA) is 122 Å². The Balaban J connectivity index is 1.80. The zero-order valence-corrected chi connectivity index (χ0v) is 17.8. The molecule has 166 valence electrons. The average molecular weight is 443 g/mol. The van der Waals surface area contributed by atoms with Crippen LogP contribution in [0, 0.1) is 5.82 Å². The van der Waals surface area contributed by atoms with Crippen LogP contribution in [0.1, 0.15) is 44.7 Å². The molecule has 1 aliphatic rings. The smallest absolute Gasteiger partial charge is 0.324 e. The first-order valence-electron chi connectivity index (χ1n) is 9.58. The Morgan fingerprint density at radius 3 is 2.67 bits per heavy atom. The van der Waals surface area contributed by atoms with Crippen LogP contribution in [-0.4, -0.2) is 56.5 Å². The molecule has 30 heavy (non-hydrogen) atoms. The van der Waals surface area contributed by atoms with Crippen LogP contribution in [-0.2, 0) is 19.6 Å². The molecule has 1 fully saturated rings. The number of nitrogens with one attached hydrogen (secondary N) is 2. The molecule has 0 radical (unpaired) electrons. The molecule has 0 aromatic heterocycles. The maximum Gasteiger partial charge on any atom is 0.324 e. The number of hydrogen-bond acceptors (Lipinski definition) is 6. The van der Waals surface area contributed by atoms with E-state index in [-0.39, 0.29) is 36.3 Å². The first-order valence-corrected chi connectivity index (χ1v) is 11.2. The van der Waals surface area contributed by atoms with Crippen LogP contribution >= 0.6 is 0 Å². The molecule has 1 aromatic rings. The van der Waals surface area contributed by atoms with Gasteiger partial charge in [0.05, 0.1) is 5.75 Å². The first kappa shape index (κ1) is 23.7. The number of Topliss-reactive ketones (excluding diaryl/α,β-unsaturated/α-hetero) is 1. The van der Waals surface area contributed by atoms with Crippen molar-refractivity contribution in [3.8, 4) is 5.75 Å². The standard InChI is InChI=1S/C19H26FN3O6S/c1-13(24)12-29-17-10-15(6-7-16(17)20)14(2)22-30(27,28)9-5-3-4-8-23-11-18(25)21-19(23)26/h6-7,10,14,22H,3-5,8-9,11-12H2,1-2H3,(H,21,25,26)/t14-/m1/s1. The zero-order valence-electron chi connectivity index (χ0n) is 16.9. The Hall–Kier alpha value is -2.53. The summed E-state index contributed by atoms with van der Waals surface area (Å²) in [6.07, 6.45) is 1.55. The minimum absolute atomic E-state index is 0.0337. The highest BCUT2D eigenvalue weighted by atomic mass is 32.2. The van der Waals surface area contributed by atoms with E-state index in [1.54, 1.807) is 6.92 Å². The number of halogens is 1. The molecule has 1 aromatic carbocycles. The number of urea groups is 1. The molecule has 0 spiro atoms. The van der Waals surface area contributed by atoms with Crippen molar-refractivity contribution >= 4 is 27.7 Å². The summed E-state index contributed by atoms with van der Waals surface area (Å²) in [4.78, 5) is 34.9. The maximum atomic E-state index is 13.8. The third-order valence-corrected chi connectivity index (χ3v) is 5.99. The van der Waals surface area contributed by atoms with Gasteiger partial charge in [-0.1, -0.05) is 12.5 Å². The lowest BCUT2D eigenvalue weighted by atomic mass is 10.1. The van der Waals surface area contributed by atoms with Crippen LogP contribution < -0.4 is 14.8 Å². The Labute approximate surface area is 175 Å². The molecule has 3 amide bonds. The molecule has 2 rings (SSSR count). The van der Waals surface area contributed by atoms with Gasteiger partial charge in [0.25, 0.3) is 0 Å². The summed E-state index contributed by atoms with van der Waals surface area (Å²) in [5.41, 5.74) is 0.503. The quantitative estimate of drug-likeness (QED) is 0.373. The van der Waals surface area contributed by atoms with Crippen LogP contribution in [0.5, 0.6) is 5.75 Å². The summed E-state index contributed by atoms with van der Waals surface area (Å²) in [5.74, 6) is -1.44. The first-order chi connectivity index (χ1) is 14.1. The van der Waals surface area contributed by atoms with Gasteiger partial charge in [0.2, 0.25) is 15.9 Å². The van der Waals surface area contributed by atoms with E-state index in [0.717, 1.165) is 6.07 Å². The fourth-order valence-electron chi connectivity index (χ4n) is 2.91. The van der Waals surface area contributed by atoms with E-state index >= 15 is 0 Å². The predicted molar refractivity (Wildman–Crippen MR) is 107 cm³/mol. The van der Waals surface area contributed by atoms with E-state index in [0.29, 0.717) is 31.4 Å². The minimum atomic E-state index is -3.58. The molecule has 1 aliphatic heterocycles. The lowest BCUT2D eigenvalue weighted by molar-refractivity contribution is -0.119. The summed E-state index contributed by atoms with van der Waals surface area (Å²) in [5, 5.41) is 2.18. The van der Waals surface area contributed by atoms with Gasteiger partial charge in [0, 0.05) is 12.6 Å². The van der Waals surface area contributed by atoms with Crippen molar-refractivity contribution in [2.24, 2.45) is 0 Å². The third kappa shape index (κ3) is 7.38. The van der Waals surface area contributed by atoms with Crippen LogP contribution in [0.3, 0.4) is 0 Å².